The molecule has 0 N–H and O–H groups in total. The molecule has 9 heteroatoms. The van der Waals surface area contributed by atoms with Gasteiger partial charge in [0.1, 0.15) is 17.1 Å². The highest BCUT2D eigenvalue weighted by Crippen LogP contribution is 2.59. The van der Waals surface area contributed by atoms with Crippen LogP contribution in [0.25, 0.3) is 0 Å². The van der Waals surface area contributed by atoms with Crippen molar-refractivity contribution in [2.45, 2.75) is 88.9 Å². The van der Waals surface area contributed by atoms with E-state index < -0.39 is 11.8 Å². The Bertz CT molecular complexity index is 1060. The quantitative estimate of drug-likeness (QED) is 0.118. The molecule has 4 rings (SSSR count). The molecule has 0 spiro atoms. The Balaban J connectivity index is 1.63. The number of hydrogen-bond donors (Lipinski definition) is 0. The molecule has 0 unspecified atom stereocenters. The molecule has 206 valence electrons. The van der Waals surface area contributed by atoms with E-state index in [1.54, 1.807) is 19.1 Å². The number of Topliss-reactive ketones (excluding diaryl/α,β-unsaturated/α-hetero) is 1. The van der Waals surface area contributed by atoms with Crippen LogP contribution in [0.5, 0.6) is 11.5 Å². The van der Waals surface area contributed by atoms with Crippen molar-refractivity contribution >= 4 is 47.2 Å². The second kappa shape index (κ2) is 12.7. The molecule has 3 aliphatic rings. The van der Waals surface area contributed by atoms with Gasteiger partial charge in [-0.05, 0) is 89.2 Å². The van der Waals surface area contributed by atoms with Gasteiger partial charge in [0.05, 0.1) is 32.5 Å². The first-order valence-corrected chi connectivity index (χ1v) is 15.2. The Hall–Kier alpha value is -2.26. The zero-order valence-electron chi connectivity index (χ0n) is 22.5. The molecule has 7 nitrogen and oxygen atoms in total. The number of ketones is 1. The summed E-state index contributed by atoms with van der Waals surface area (Å²) in [7, 11) is 0. The molecule has 1 aromatic carbocycles. The van der Waals surface area contributed by atoms with Crippen LogP contribution < -0.4 is 9.47 Å². The average Bonchev–Trinajstić information content (AvgIpc) is 3.31. The Morgan fingerprint density at radius 3 is 1.55 bits per heavy atom. The first-order valence-electron chi connectivity index (χ1n) is 13.6. The van der Waals surface area contributed by atoms with Gasteiger partial charge in [0, 0.05) is 0 Å². The fourth-order valence-corrected chi connectivity index (χ4v) is 7.89. The number of ether oxygens (including phenoxy) is 3. The maximum absolute atomic E-state index is 13.0. The van der Waals surface area contributed by atoms with Crippen molar-refractivity contribution < 1.29 is 33.4 Å². The fourth-order valence-electron chi connectivity index (χ4n) is 5.14. The number of thioether (sulfide) groups is 2. The largest absolute Gasteiger partial charge is 0.462 e. The molecule has 0 aromatic heterocycles. The van der Waals surface area contributed by atoms with Gasteiger partial charge in [-0.25, -0.2) is 4.79 Å². The molecule has 38 heavy (non-hydrogen) atoms. The van der Waals surface area contributed by atoms with Gasteiger partial charge in [0.2, 0.25) is 0 Å². The second-order valence-electron chi connectivity index (χ2n) is 10.6. The van der Waals surface area contributed by atoms with Gasteiger partial charge in [0.25, 0.3) is 0 Å². The van der Waals surface area contributed by atoms with Gasteiger partial charge >= 0.3 is 17.9 Å². The number of hydrogen-bond acceptors (Lipinski definition) is 9. The van der Waals surface area contributed by atoms with Crippen LogP contribution in [0.3, 0.4) is 0 Å². The van der Waals surface area contributed by atoms with Crippen molar-refractivity contribution in [2.24, 2.45) is 23.7 Å². The highest BCUT2D eigenvalue weighted by molar-refractivity contribution is 8.25. The standard InChI is InChI=1S/C29H36O7S2/c1-5-34-28(33)23(18(4)30)29-37-24-21(35-26(31)19-10-6-16(2)7-11-19)14-15-22(25(24)38-29)36-27(32)20-12-8-17(3)9-13-20/h14-17,19-20H,5-13H2,1-4H3. The zero-order valence-corrected chi connectivity index (χ0v) is 24.1. The van der Waals surface area contributed by atoms with Crippen molar-refractivity contribution in [3.05, 3.63) is 21.9 Å². The monoisotopic (exact) mass is 560 g/mol. The van der Waals surface area contributed by atoms with Crippen LogP contribution in [-0.2, 0) is 23.9 Å². The molecule has 0 radical (unpaired) electrons. The van der Waals surface area contributed by atoms with Crippen LogP contribution in [-0.4, -0.2) is 30.3 Å². The molecule has 1 aliphatic heterocycles. The number of rotatable bonds is 7. The summed E-state index contributed by atoms with van der Waals surface area (Å²) in [5.74, 6) is -0.0918. The van der Waals surface area contributed by atoms with Crippen LogP contribution in [0, 0.1) is 23.7 Å². The first kappa shape index (κ1) is 28.7. The van der Waals surface area contributed by atoms with Gasteiger partial charge in [0.15, 0.2) is 5.78 Å². The van der Waals surface area contributed by atoms with Crippen LogP contribution >= 0.6 is 23.5 Å². The van der Waals surface area contributed by atoms with Gasteiger partial charge in [-0.3, -0.25) is 14.4 Å². The van der Waals surface area contributed by atoms with E-state index in [0.717, 1.165) is 51.4 Å². The van der Waals surface area contributed by atoms with Crippen molar-refractivity contribution in [2.75, 3.05) is 6.61 Å². The normalized spacial score (nSPS) is 24.8. The third-order valence-electron chi connectivity index (χ3n) is 7.58. The number of benzene rings is 1. The molecule has 0 amide bonds. The summed E-state index contributed by atoms with van der Waals surface area (Å²) < 4.78 is 17.3. The predicted molar refractivity (Wildman–Crippen MR) is 146 cm³/mol. The molecule has 0 saturated heterocycles. The Kier molecular flexibility index (Phi) is 9.63. The summed E-state index contributed by atoms with van der Waals surface area (Å²) in [5, 5.41) is 0. The highest BCUT2D eigenvalue weighted by atomic mass is 32.2. The maximum atomic E-state index is 13.0. The van der Waals surface area contributed by atoms with Crippen molar-refractivity contribution in [1.82, 2.24) is 0 Å². The second-order valence-corrected chi connectivity index (χ2v) is 12.9. The van der Waals surface area contributed by atoms with Crippen molar-refractivity contribution in [1.29, 1.82) is 0 Å². The van der Waals surface area contributed by atoms with Crippen molar-refractivity contribution in [3.63, 3.8) is 0 Å². The third kappa shape index (κ3) is 6.65. The summed E-state index contributed by atoms with van der Waals surface area (Å²) in [6.07, 6.45) is 7.14. The average molecular weight is 561 g/mol. The smallest absolute Gasteiger partial charge is 0.343 e. The highest BCUT2D eigenvalue weighted by Gasteiger charge is 2.35. The van der Waals surface area contributed by atoms with Crippen LogP contribution in [0.4, 0.5) is 0 Å². The molecule has 0 bridgehead atoms. The summed E-state index contributed by atoms with van der Waals surface area (Å²) >= 11 is 2.34. The fraction of sp³-hybridized carbons (Fsp3) is 0.586. The predicted octanol–water partition coefficient (Wildman–Crippen LogP) is 6.71. The zero-order chi connectivity index (χ0) is 27.4. The molecule has 0 atom stereocenters. The maximum Gasteiger partial charge on any atom is 0.343 e. The number of carbonyl (C=O) groups is 4. The lowest BCUT2D eigenvalue weighted by molar-refractivity contribution is -0.141. The van der Waals surface area contributed by atoms with E-state index in [1.807, 2.05) is 0 Å². The Morgan fingerprint density at radius 2 is 1.18 bits per heavy atom. The van der Waals surface area contributed by atoms with E-state index in [2.05, 4.69) is 13.8 Å². The third-order valence-corrected chi connectivity index (χ3v) is 10.2. The molecular formula is C29H36O7S2. The SMILES string of the molecule is CCOC(=O)C(C(C)=O)=C1Sc2c(OC(=O)C3CCC(C)CC3)ccc(OC(=O)C3CCC(C)CC3)c2S1. The number of esters is 3. The summed E-state index contributed by atoms with van der Waals surface area (Å²) in [5.41, 5.74) is -0.0601. The summed E-state index contributed by atoms with van der Waals surface area (Å²) in [4.78, 5) is 52.2. The first-order chi connectivity index (χ1) is 18.2. The minimum atomic E-state index is -0.701. The molecule has 2 saturated carbocycles. The number of carbonyl (C=O) groups excluding carboxylic acids is 4. The van der Waals surface area contributed by atoms with E-state index in [9.17, 15) is 19.2 Å². The van der Waals surface area contributed by atoms with E-state index in [-0.39, 0.29) is 36.0 Å². The topological polar surface area (TPSA) is 96.0 Å². The van der Waals surface area contributed by atoms with Gasteiger partial charge in [-0.1, -0.05) is 37.4 Å². The lowest BCUT2D eigenvalue weighted by Crippen LogP contribution is -2.25. The van der Waals surface area contributed by atoms with Gasteiger partial charge in [-0.15, -0.1) is 0 Å². The van der Waals surface area contributed by atoms with Crippen LogP contribution in [0.15, 0.2) is 31.7 Å². The van der Waals surface area contributed by atoms with E-state index in [4.69, 9.17) is 14.2 Å². The lowest BCUT2D eigenvalue weighted by Gasteiger charge is -2.25. The summed E-state index contributed by atoms with van der Waals surface area (Å²) in [6.45, 7) is 7.52. The molecule has 1 heterocycles. The number of fused-ring (bicyclic) bond motifs is 1. The van der Waals surface area contributed by atoms with Crippen molar-refractivity contribution in [3.8, 4) is 11.5 Å². The minimum Gasteiger partial charge on any atom is -0.462 e. The summed E-state index contributed by atoms with van der Waals surface area (Å²) in [6, 6.07) is 3.28. The van der Waals surface area contributed by atoms with E-state index in [1.165, 1.54) is 30.4 Å². The molecular weight excluding hydrogens is 524 g/mol. The van der Waals surface area contributed by atoms with Gasteiger partial charge in [-0.2, -0.15) is 0 Å². The molecule has 2 aliphatic carbocycles. The Labute approximate surface area is 232 Å². The molecule has 1 aromatic rings. The van der Waals surface area contributed by atoms with Crippen LogP contribution in [0.1, 0.15) is 79.1 Å². The lowest BCUT2D eigenvalue weighted by atomic mass is 9.83. The molecule has 2 fully saturated rings. The van der Waals surface area contributed by atoms with E-state index >= 15 is 0 Å². The van der Waals surface area contributed by atoms with Crippen LogP contribution in [0.2, 0.25) is 0 Å². The van der Waals surface area contributed by atoms with E-state index in [0.29, 0.717) is 37.4 Å². The minimum absolute atomic E-state index is 0.0601. The van der Waals surface area contributed by atoms with Gasteiger partial charge < -0.3 is 14.2 Å². The Morgan fingerprint density at radius 1 is 0.763 bits per heavy atom.